The van der Waals surface area contributed by atoms with Gasteiger partial charge in [-0.3, -0.25) is 0 Å². The Balaban J connectivity index is 0.00000216. The maximum atomic E-state index is 5.83. The molecule has 0 amide bonds. The van der Waals surface area contributed by atoms with Crippen molar-refractivity contribution in [1.82, 2.24) is 10.3 Å². The van der Waals surface area contributed by atoms with Gasteiger partial charge in [-0.25, -0.2) is 0 Å². The summed E-state index contributed by atoms with van der Waals surface area (Å²) in [5.74, 6) is 1.75. The van der Waals surface area contributed by atoms with Crippen LogP contribution in [-0.4, -0.2) is 25.7 Å². The summed E-state index contributed by atoms with van der Waals surface area (Å²) in [5.41, 5.74) is 7.68. The lowest BCUT2D eigenvalue weighted by Crippen LogP contribution is -2.48. The van der Waals surface area contributed by atoms with Crippen molar-refractivity contribution in [3.05, 3.63) is 94.7 Å². The van der Waals surface area contributed by atoms with E-state index >= 15 is 0 Å². The predicted molar refractivity (Wildman–Crippen MR) is 130 cm³/mol. The predicted octanol–water partition coefficient (Wildman–Crippen LogP) is 5.53. The maximum absolute atomic E-state index is 5.83. The average molecular weight is 447 g/mol. The molecule has 0 fully saturated rings. The number of methoxy groups -OCH3 is 2. The highest BCUT2D eigenvalue weighted by atomic mass is 35.5. The van der Waals surface area contributed by atoms with Gasteiger partial charge < -0.3 is 19.8 Å². The summed E-state index contributed by atoms with van der Waals surface area (Å²) in [5, 5.41) is 5.27. The molecule has 6 rings (SSSR count). The Morgan fingerprint density at radius 1 is 0.906 bits per heavy atom. The lowest BCUT2D eigenvalue weighted by molar-refractivity contribution is 0.337. The van der Waals surface area contributed by atoms with E-state index in [2.05, 4.69) is 71.0 Å². The van der Waals surface area contributed by atoms with Crippen molar-refractivity contribution in [1.29, 1.82) is 0 Å². The monoisotopic (exact) mass is 446 g/mol. The van der Waals surface area contributed by atoms with Gasteiger partial charge >= 0.3 is 0 Å². The number of para-hydroxylation sites is 2. The molecule has 4 nitrogen and oxygen atoms in total. The van der Waals surface area contributed by atoms with Crippen molar-refractivity contribution < 1.29 is 9.47 Å². The second-order valence-electron chi connectivity index (χ2n) is 8.54. The van der Waals surface area contributed by atoms with E-state index in [-0.39, 0.29) is 23.9 Å². The minimum atomic E-state index is -0.173. The summed E-state index contributed by atoms with van der Waals surface area (Å²) in [7, 11) is 3.42. The minimum absolute atomic E-state index is 0. The molecule has 3 aromatic carbocycles. The smallest absolute Gasteiger partial charge is 0.164 e. The molecule has 2 atom stereocenters. The molecular weight excluding hydrogens is 420 g/mol. The molecule has 2 aliphatic rings. The normalized spacial score (nSPS) is 21.1. The molecule has 5 heteroatoms. The van der Waals surface area contributed by atoms with Crippen LogP contribution in [0.2, 0.25) is 0 Å². The van der Waals surface area contributed by atoms with Gasteiger partial charge in [0.25, 0.3) is 0 Å². The first-order valence-electron chi connectivity index (χ1n) is 10.9. The van der Waals surface area contributed by atoms with Crippen molar-refractivity contribution in [2.45, 2.75) is 24.3 Å². The molecule has 0 saturated carbocycles. The van der Waals surface area contributed by atoms with Crippen LogP contribution < -0.4 is 14.8 Å². The number of fused-ring (bicyclic) bond motifs is 6. The zero-order valence-electron chi connectivity index (χ0n) is 18.3. The SMILES string of the molecule is COc1cccc(C2CNC3(CCc4ccccc43)c3[nH]c4ccccc4c32)c1OC.Cl. The summed E-state index contributed by atoms with van der Waals surface area (Å²) < 4.78 is 11.4. The minimum Gasteiger partial charge on any atom is -0.493 e. The fourth-order valence-corrected chi connectivity index (χ4v) is 5.84. The third-order valence-electron chi connectivity index (χ3n) is 7.18. The lowest BCUT2D eigenvalue weighted by Gasteiger charge is -2.40. The Kier molecular flexibility index (Phi) is 5.15. The molecule has 1 aliphatic carbocycles. The molecule has 0 saturated heterocycles. The molecular formula is C27H27ClN2O2. The summed E-state index contributed by atoms with van der Waals surface area (Å²) >= 11 is 0. The third-order valence-corrected chi connectivity index (χ3v) is 7.18. The van der Waals surface area contributed by atoms with Gasteiger partial charge in [-0.2, -0.15) is 0 Å². The maximum Gasteiger partial charge on any atom is 0.164 e. The molecule has 0 radical (unpaired) electrons. The van der Waals surface area contributed by atoms with Crippen LogP contribution in [0.5, 0.6) is 11.5 Å². The standard InChI is InChI=1S/C27H26N2O2.ClH/c1-30-23-13-7-10-18(25(23)31-2)20-16-28-27(15-14-17-8-3-5-11-21(17)27)26-24(20)19-9-4-6-12-22(19)29-26;/h3-13,20,28-29H,14-16H2,1-2H3;1H. The Labute approximate surface area is 194 Å². The largest absolute Gasteiger partial charge is 0.493 e. The van der Waals surface area contributed by atoms with E-state index in [1.807, 2.05) is 6.07 Å². The molecule has 1 aromatic heterocycles. The molecule has 1 spiro atoms. The van der Waals surface area contributed by atoms with Crippen LogP contribution in [0, 0.1) is 0 Å². The van der Waals surface area contributed by atoms with E-state index in [1.54, 1.807) is 14.2 Å². The van der Waals surface area contributed by atoms with Gasteiger partial charge in [-0.15, -0.1) is 12.4 Å². The van der Waals surface area contributed by atoms with Crippen molar-refractivity contribution in [2.75, 3.05) is 20.8 Å². The number of aromatic amines is 1. The first-order chi connectivity index (χ1) is 15.3. The van der Waals surface area contributed by atoms with Crippen LogP contribution in [0.15, 0.2) is 66.7 Å². The molecule has 164 valence electrons. The summed E-state index contributed by atoms with van der Waals surface area (Å²) in [6.45, 7) is 0.840. The highest BCUT2D eigenvalue weighted by molar-refractivity contribution is 5.87. The number of rotatable bonds is 3. The highest BCUT2D eigenvalue weighted by Crippen LogP contribution is 2.51. The van der Waals surface area contributed by atoms with Gasteiger partial charge in [0.1, 0.15) is 0 Å². The third kappa shape index (κ3) is 2.79. The Bertz CT molecular complexity index is 1300. The number of aromatic nitrogens is 1. The van der Waals surface area contributed by atoms with Crippen LogP contribution in [0.4, 0.5) is 0 Å². The second-order valence-corrected chi connectivity index (χ2v) is 8.54. The lowest BCUT2D eigenvalue weighted by atomic mass is 9.76. The molecule has 2 heterocycles. The van der Waals surface area contributed by atoms with Crippen LogP contribution >= 0.6 is 12.4 Å². The number of hydrogen-bond donors (Lipinski definition) is 2. The average Bonchev–Trinajstić information content (AvgIpc) is 3.39. The zero-order valence-corrected chi connectivity index (χ0v) is 19.1. The number of halogens is 1. The molecule has 4 aromatic rings. The Morgan fingerprint density at radius 3 is 2.56 bits per heavy atom. The first-order valence-corrected chi connectivity index (χ1v) is 10.9. The number of hydrogen-bond acceptors (Lipinski definition) is 3. The van der Waals surface area contributed by atoms with Gasteiger partial charge in [-0.05, 0) is 41.7 Å². The molecule has 32 heavy (non-hydrogen) atoms. The highest BCUT2D eigenvalue weighted by Gasteiger charge is 2.47. The second kappa shape index (κ2) is 7.88. The first kappa shape index (κ1) is 20.9. The van der Waals surface area contributed by atoms with E-state index in [4.69, 9.17) is 9.47 Å². The van der Waals surface area contributed by atoms with Crippen LogP contribution in [0.25, 0.3) is 10.9 Å². The van der Waals surface area contributed by atoms with Crippen molar-refractivity contribution in [2.24, 2.45) is 0 Å². The van der Waals surface area contributed by atoms with Gasteiger partial charge in [-0.1, -0.05) is 54.6 Å². The van der Waals surface area contributed by atoms with E-state index in [0.29, 0.717) is 0 Å². The van der Waals surface area contributed by atoms with Gasteiger partial charge in [0.05, 0.1) is 19.8 Å². The number of ether oxygens (including phenoxy) is 2. The zero-order chi connectivity index (χ0) is 21.0. The fraction of sp³-hybridized carbons (Fsp3) is 0.259. The van der Waals surface area contributed by atoms with E-state index in [1.165, 1.54) is 33.3 Å². The van der Waals surface area contributed by atoms with Gasteiger partial charge in [0.2, 0.25) is 0 Å². The Morgan fingerprint density at radius 2 is 1.72 bits per heavy atom. The van der Waals surface area contributed by atoms with Crippen LogP contribution in [0.3, 0.4) is 0 Å². The van der Waals surface area contributed by atoms with E-state index in [0.717, 1.165) is 36.4 Å². The number of nitrogens with one attached hydrogen (secondary N) is 2. The topological polar surface area (TPSA) is 46.3 Å². The molecule has 1 aliphatic heterocycles. The number of aryl methyl sites for hydroxylation is 1. The van der Waals surface area contributed by atoms with Crippen molar-refractivity contribution in [3.63, 3.8) is 0 Å². The van der Waals surface area contributed by atoms with Crippen molar-refractivity contribution >= 4 is 23.3 Å². The number of benzene rings is 3. The molecule has 2 unspecified atom stereocenters. The van der Waals surface area contributed by atoms with E-state index < -0.39 is 0 Å². The fourth-order valence-electron chi connectivity index (χ4n) is 5.84. The molecule has 2 N–H and O–H groups in total. The quantitative estimate of drug-likeness (QED) is 0.435. The van der Waals surface area contributed by atoms with E-state index in [9.17, 15) is 0 Å². The molecule has 0 bridgehead atoms. The number of H-pyrrole nitrogens is 1. The van der Waals surface area contributed by atoms with Gasteiger partial charge in [0.15, 0.2) is 11.5 Å². The summed E-state index contributed by atoms with van der Waals surface area (Å²) in [6, 6.07) is 23.7. The van der Waals surface area contributed by atoms with Crippen molar-refractivity contribution in [3.8, 4) is 11.5 Å². The Hall–Kier alpha value is -2.95. The van der Waals surface area contributed by atoms with Crippen LogP contribution in [-0.2, 0) is 12.0 Å². The van der Waals surface area contributed by atoms with Crippen LogP contribution in [0.1, 0.15) is 40.3 Å². The van der Waals surface area contributed by atoms with Gasteiger partial charge in [0, 0.05) is 34.6 Å². The summed E-state index contributed by atoms with van der Waals surface area (Å²) in [6.07, 6.45) is 2.15. The summed E-state index contributed by atoms with van der Waals surface area (Å²) in [4.78, 5) is 3.82.